The van der Waals surface area contributed by atoms with Crippen LogP contribution in [0.25, 0.3) is 0 Å². The maximum absolute atomic E-state index is 4.04. The number of hydrogen-bond donors (Lipinski definition) is 0. The second-order valence-electron chi connectivity index (χ2n) is 3.29. The van der Waals surface area contributed by atoms with E-state index in [1.54, 1.807) is 12.7 Å². The third kappa shape index (κ3) is 2.31. The topological polar surface area (TPSA) is 30.7 Å². The molecule has 0 amide bonds. The van der Waals surface area contributed by atoms with Gasteiger partial charge in [-0.1, -0.05) is 13.1 Å². The summed E-state index contributed by atoms with van der Waals surface area (Å²) in [6.45, 7) is 8.32. The molecule has 1 heterocycles. The smallest absolute Gasteiger partial charge is 0.137 e. The van der Waals surface area contributed by atoms with Crippen LogP contribution in [-0.4, -0.2) is 22.8 Å². The third-order valence-electron chi connectivity index (χ3n) is 1.59. The zero-order valence-corrected chi connectivity index (χ0v) is 7.99. The normalized spacial score (nSPS) is 11.5. The van der Waals surface area contributed by atoms with Gasteiger partial charge >= 0.3 is 0 Å². The van der Waals surface area contributed by atoms with Crippen LogP contribution in [0.2, 0.25) is 13.1 Å². The van der Waals surface area contributed by atoms with Crippen molar-refractivity contribution in [2.24, 2.45) is 0 Å². The van der Waals surface area contributed by atoms with Gasteiger partial charge in [-0.05, 0) is 0 Å². The van der Waals surface area contributed by atoms with E-state index in [1.807, 2.05) is 4.68 Å². The van der Waals surface area contributed by atoms with Gasteiger partial charge < -0.3 is 0 Å². The van der Waals surface area contributed by atoms with Gasteiger partial charge in [0.15, 0.2) is 0 Å². The summed E-state index contributed by atoms with van der Waals surface area (Å²) < 4.78 is 1.87. The standard InChI is InChI=1S/C7H13N3Si/c1-4-11(2,3)7-10-6-8-5-9-10/h4-6H,1,7H2,2-3H3. The molecule has 1 aromatic rings. The molecule has 0 saturated heterocycles. The largest absolute Gasteiger partial charge is 0.256 e. The number of hydrogen-bond acceptors (Lipinski definition) is 2. The van der Waals surface area contributed by atoms with Crippen molar-refractivity contribution >= 4 is 8.07 Å². The highest BCUT2D eigenvalue weighted by Crippen LogP contribution is 2.04. The van der Waals surface area contributed by atoms with Gasteiger partial charge in [-0.2, -0.15) is 5.10 Å². The average molecular weight is 167 g/mol. The Labute approximate surface area is 67.8 Å². The van der Waals surface area contributed by atoms with Crippen LogP contribution >= 0.6 is 0 Å². The molecule has 60 valence electrons. The molecule has 0 radical (unpaired) electrons. The predicted molar refractivity (Wildman–Crippen MR) is 47.7 cm³/mol. The minimum Gasteiger partial charge on any atom is -0.256 e. The highest BCUT2D eigenvalue weighted by Gasteiger charge is 2.16. The van der Waals surface area contributed by atoms with Crippen LogP contribution in [0.15, 0.2) is 24.9 Å². The lowest BCUT2D eigenvalue weighted by molar-refractivity contribution is 0.725. The number of nitrogens with zero attached hydrogens (tertiary/aromatic N) is 3. The monoisotopic (exact) mass is 167 g/mol. The minimum atomic E-state index is -1.26. The Bertz CT molecular complexity index is 228. The summed E-state index contributed by atoms with van der Waals surface area (Å²) in [6.07, 6.45) is 4.28. The summed E-state index contributed by atoms with van der Waals surface area (Å²) in [5.74, 6) is 0. The zero-order chi connectivity index (χ0) is 8.32. The van der Waals surface area contributed by atoms with E-state index in [1.165, 1.54) is 0 Å². The fourth-order valence-corrected chi connectivity index (χ4v) is 1.92. The van der Waals surface area contributed by atoms with Crippen molar-refractivity contribution in [3.63, 3.8) is 0 Å². The van der Waals surface area contributed by atoms with Crippen molar-refractivity contribution in [1.82, 2.24) is 14.8 Å². The van der Waals surface area contributed by atoms with Crippen LogP contribution in [0.5, 0.6) is 0 Å². The molecule has 0 fully saturated rings. The first-order valence-electron chi connectivity index (χ1n) is 3.60. The van der Waals surface area contributed by atoms with Crippen LogP contribution in [0, 0.1) is 0 Å². The molecule has 0 aromatic carbocycles. The molecule has 0 atom stereocenters. The summed E-state index contributed by atoms with van der Waals surface area (Å²) in [5.41, 5.74) is 2.06. The van der Waals surface area contributed by atoms with Gasteiger partial charge in [0.1, 0.15) is 12.7 Å². The van der Waals surface area contributed by atoms with E-state index in [-0.39, 0.29) is 0 Å². The van der Waals surface area contributed by atoms with Crippen molar-refractivity contribution < 1.29 is 0 Å². The van der Waals surface area contributed by atoms with Crippen molar-refractivity contribution in [2.45, 2.75) is 19.3 Å². The van der Waals surface area contributed by atoms with E-state index in [2.05, 4.69) is 35.5 Å². The van der Waals surface area contributed by atoms with Crippen LogP contribution in [0.3, 0.4) is 0 Å². The van der Waals surface area contributed by atoms with Crippen LogP contribution in [0.1, 0.15) is 0 Å². The lowest BCUT2D eigenvalue weighted by Gasteiger charge is -2.15. The third-order valence-corrected chi connectivity index (χ3v) is 3.83. The van der Waals surface area contributed by atoms with Gasteiger partial charge in [0, 0.05) is 6.17 Å². The Balaban J connectivity index is 2.63. The van der Waals surface area contributed by atoms with Gasteiger partial charge in [0.05, 0.1) is 8.07 Å². The first kappa shape index (κ1) is 8.20. The van der Waals surface area contributed by atoms with E-state index in [4.69, 9.17) is 0 Å². The van der Waals surface area contributed by atoms with Crippen molar-refractivity contribution in [1.29, 1.82) is 0 Å². The van der Waals surface area contributed by atoms with Gasteiger partial charge in [-0.25, -0.2) is 4.98 Å². The summed E-state index contributed by atoms with van der Waals surface area (Å²) in [5, 5.41) is 4.04. The lowest BCUT2D eigenvalue weighted by Crippen LogP contribution is -2.30. The quantitative estimate of drug-likeness (QED) is 0.634. The fourth-order valence-electron chi connectivity index (χ4n) is 0.796. The maximum atomic E-state index is 4.04. The second kappa shape index (κ2) is 3.00. The molecule has 0 aliphatic rings. The van der Waals surface area contributed by atoms with Crippen molar-refractivity contribution in [2.75, 3.05) is 0 Å². The van der Waals surface area contributed by atoms with E-state index >= 15 is 0 Å². The number of aromatic nitrogens is 3. The van der Waals surface area contributed by atoms with Crippen LogP contribution in [0.4, 0.5) is 0 Å². The first-order valence-corrected chi connectivity index (χ1v) is 6.88. The molecule has 0 N–H and O–H groups in total. The fraction of sp³-hybridized carbons (Fsp3) is 0.429. The van der Waals surface area contributed by atoms with Gasteiger partial charge in [-0.15, -0.1) is 12.3 Å². The summed E-state index contributed by atoms with van der Waals surface area (Å²) in [6, 6.07) is 0. The Kier molecular flexibility index (Phi) is 2.24. The van der Waals surface area contributed by atoms with Gasteiger partial charge in [-0.3, -0.25) is 4.68 Å². The van der Waals surface area contributed by atoms with Crippen molar-refractivity contribution in [3.8, 4) is 0 Å². The number of rotatable bonds is 3. The molecule has 1 aromatic heterocycles. The first-order chi connectivity index (χ1) is 5.14. The molecule has 0 bridgehead atoms. The molecular formula is C7H13N3Si. The molecular weight excluding hydrogens is 154 g/mol. The lowest BCUT2D eigenvalue weighted by atomic mass is 11.2. The Morgan fingerprint density at radius 2 is 2.36 bits per heavy atom. The van der Waals surface area contributed by atoms with Crippen molar-refractivity contribution in [3.05, 3.63) is 24.9 Å². The molecule has 0 spiro atoms. The van der Waals surface area contributed by atoms with Crippen LogP contribution in [-0.2, 0) is 6.17 Å². The molecule has 1 rings (SSSR count). The Morgan fingerprint density at radius 1 is 1.64 bits per heavy atom. The SMILES string of the molecule is C=C[Si](C)(C)Cn1cncn1. The second-order valence-corrected chi connectivity index (χ2v) is 7.99. The zero-order valence-electron chi connectivity index (χ0n) is 6.99. The summed E-state index contributed by atoms with van der Waals surface area (Å²) in [7, 11) is -1.26. The minimum absolute atomic E-state index is 0.969. The molecule has 0 saturated carbocycles. The van der Waals surface area contributed by atoms with Gasteiger partial charge in [0.25, 0.3) is 0 Å². The predicted octanol–water partition coefficient (Wildman–Crippen LogP) is 1.25. The Hall–Kier alpha value is -0.903. The molecule has 11 heavy (non-hydrogen) atoms. The molecule has 4 heteroatoms. The Morgan fingerprint density at radius 3 is 2.82 bits per heavy atom. The van der Waals surface area contributed by atoms with Gasteiger partial charge in [0.2, 0.25) is 0 Å². The molecule has 0 aliphatic carbocycles. The van der Waals surface area contributed by atoms with E-state index < -0.39 is 8.07 Å². The van der Waals surface area contributed by atoms with E-state index in [9.17, 15) is 0 Å². The molecule has 3 nitrogen and oxygen atoms in total. The summed E-state index contributed by atoms with van der Waals surface area (Å²) >= 11 is 0. The van der Waals surface area contributed by atoms with E-state index in [0.717, 1.165) is 6.17 Å². The van der Waals surface area contributed by atoms with Crippen LogP contribution < -0.4 is 0 Å². The average Bonchev–Trinajstić information content (AvgIpc) is 2.39. The van der Waals surface area contributed by atoms with E-state index in [0.29, 0.717) is 0 Å². The highest BCUT2D eigenvalue weighted by atomic mass is 28.3. The summed E-state index contributed by atoms with van der Waals surface area (Å²) in [4.78, 5) is 3.88. The highest BCUT2D eigenvalue weighted by molar-refractivity contribution is 6.81. The molecule has 0 unspecified atom stereocenters. The maximum Gasteiger partial charge on any atom is 0.137 e. The molecule has 0 aliphatic heterocycles.